The van der Waals surface area contributed by atoms with Gasteiger partial charge in [0.25, 0.3) is 0 Å². The number of carbonyl (C=O) groups excluding carboxylic acids is 1. The third kappa shape index (κ3) is 4.43. The first-order chi connectivity index (χ1) is 12.1. The van der Waals surface area contributed by atoms with E-state index in [4.69, 9.17) is 4.74 Å². The van der Waals surface area contributed by atoms with Gasteiger partial charge in [-0.2, -0.15) is 4.31 Å². The first kappa shape index (κ1) is 20.4. The fraction of sp³-hybridized carbons (Fsp3) is 0.438. The van der Waals surface area contributed by atoms with Crippen molar-refractivity contribution in [3.8, 4) is 5.75 Å². The van der Waals surface area contributed by atoms with Gasteiger partial charge >= 0.3 is 0 Å². The fourth-order valence-electron chi connectivity index (χ4n) is 2.84. The molecule has 1 amide bonds. The summed E-state index contributed by atoms with van der Waals surface area (Å²) in [5.41, 5.74) is 0.221. The minimum Gasteiger partial charge on any atom is -0.495 e. The summed E-state index contributed by atoms with van der Waals surface area (Å²) in [5, 5.41) is 2.53. The summed E-state index contributed by atoms with van der Waals surface area (Å²) in [6.45, 7) is 4.86. The van der Waals surface area contributed by atoms with Crippen molar-refractivity contribution < 1.29 is 26.4 Å². The number of ether oxygens (including phenoxy) is 1. The molecular weight excluding hydrogens is 380 g/mol. The Morgan fingerprint density at radius 3 is 2.65 bits per heavy atom. The standard InChI is InChI=1S/C16H22N2O6S2/c1-4-8-18(13-7-9-25(20,21)11-13)26(22,23)14-5-6-16(24-3)15(10-14)17-12(2)19/h4-6,10,13H,1,7-9,11H2,2-3H3,(H,17,19)/t13-/m0/s1. The average molecular weight is 402 g/mol. The zero-order valence-electron chi connectivity index (χ0n) is 14.6. The summed E-state index contributed by atoms with van der Waals surface area (Å²) in [7, 11) is -5.84. The molecule has 1 fully saturated rings. The molecule has 0 aromatic heterocycles. The first-order valence-corrected chi connectivity index (χ1v) is 11.2. The third-order valence-corrected chi connectivity index (χ3v) is 7.68. The Balaban J connectivity index is 2.46. The highest BCUT2D eigenvalue weighted by molar-refractivity contribution is 7.92. The van der Waals surface area contributed by atoms with E-state index in [0.717, 1.165) is 4.31 Å². The molecular formula is C16H22N2O6S2. The van der Waals surface area contributed by atoms with Crippen LogP contribution in [0.3, 0.4) is 0 Å². The van der Waals surface area contributed by atoms with Gasteiger partial charge in [0.15, 0.2) is 9.84 Å². The molecule has 1 aromatic carbocycles. The number of sulfone groups is 1. The zero-order valence-corrected chi connectivity index (χ0v) is 16.3. The van der Waals surface area contributed by atoms with Crippen molar-refractivity contribution in [2.75, 3.05) is 30.5 Å². The maximum absolute atomic E-state index is 13.1. The molecule has 1 heterocycles. The number of hydrogen-bond acceptors (Lipinski definition) is 6. The van der Waals surface area contributed by atoms with Crippen LogP contribution >= 0.6 is 0 Å². The van der Waals surface area contributed by atoms with Crippen LogP contribution in [-0.4, -0.2) is 58.3 Å². The quantitative estimate of drug-likeness (QED) is 0.682. The van der Waals surface area contributed by atoms with Gasteiger partial charge in [0, 0.05) is 19.5 Å². The van der Waals surface area contributed by atoms with Crippen LogP contribution in [0.25, 0.3) is 0 Å². The van der Waals surface area contributed by atoms with Gasteiger partial charge in [0.1, 0.15) is 5.75 Å². The van der Waals surface area contributed by atoms with Crippen molar-refractivity contribution in [1.82, 2.24) is 4.31 Å². The lowest BCUT2D eigenvalue weighted by atomic mass is 10.2. The third-order valence-electron chi connectivity index (χ3n) is 4.01. The van der Waals surface area contributed by atoms with Crippen molar-refractivity contribution in [3.05, 3.63) is 30.9 Å². The van der Waals surface area contributed by atoms with Gasteiger partial charge in [0.2, 0.25) is 15.9 Å². The van der Waals surface area contributed by atoms with Crippen LogP contribution in [0.2, 0.25) is 0 Å². The van der Waals surface area contributed by atoms with Gasteiger partial charge in [-0.05, 0) is 24.6 Å². The van der Waals surface area contributed by atoms with E-state index < -0.39 is 25.9 Å². The molecule has 0 spiro atoms. The molecule has 1 saturated heterocycles. The maximum Gasteiger partial charge on any atom is 0.243 e. The van der Waals surface area contributed by atoms with Gasteiger partial charge < -0.3 is 10.1 Å². The summed E-state index contributed by atoms with van der Waals surface area (Å²) in [6.07, 6.45) is 1.66. The maximum atomic E-state index is 13.1. The van der Waals surface area contributed by atoms with Gasteiger partial charge in [-0.15, -0.1) is 6.58 Å². The van der Waals surface area contributed by atoms with E-state index >= 15 is 0 Å². The number of benzene rings is 1. The second-order valence-corrected chi connectivity index (χ2v) is 10.1. The van der Waals surface area contributed by atoms with E-state index in [2.05, 4.69) is 11.9 Å². The van der Waals surface area contributed by atoms with Crippen LogP contribution < -0.4 is 10.1 Å². The lowest BCUT2D eigenvalue weighted by Gasteiger charge is -2.26. The van der Waals surface area contributed by atoms with Crippen molar-refractivity contribution in [2.45, 2.75) is 24.3 Å². The Morgan fingerprint density at radius 1 is 1.46 bits per heavy atom. The molecule has 26 heavy (non-hydrogen) atoms. The van der Waals surface area contributed by atoms with Crippen LogP contribution in [-0.2, 0) is 24.7 Å². The largest absolute Gasteiger partial charge is 0.495 e. The zero-order chi connectivity index (χ0) is 19.5. The first-order valence-electron chi connectivity index (χ1n) is 7.89. The van der Waals surface area contributed by atoms with Crippen LogP contribution in [0.4, 0.5) is 5.69 Å². The molecule has 1 N–H and O–H groups in total. The van der Waals surface area contributed by atoms with Crippen LogP contribution in [0, 0.1) is 0 Å². The minimum atomic E-state index is -3.99. The number of hydrogen-bond donors (Lipinski definition) is 1. The molecule has 0 unspecified atom stereocenters. The summed E-state index contributed by atoms with van der Waals surface area (Å²) in [5.74, 6) is -0.310. The summed E-state index contributed by atoms with van der Waals surface area (Å²) >= 11 is 0. The molecule has 1 aromatic rings. The molecule has 0 aliphatic carbocycles. The number of sulfonamides is 1. The smallest absolute Gasteiger partial charge is 0.243 e. The molecule has 10 heteroatoms. The lowest BCUT2D eigenvalue weighted by molar-refractivity contribution is -0.114. The number of nitrogens with zero attached hydrogens (tertiary/aromatic N) is 1. The number of nitrogens with one attached hydrogen (secondary N) is 1. The molecule has 0 saturated carbocycles. The summed E-state index contributed by atoms with van der Waals surface area (Å²) < 4.78 is 56.0. The molecule has 2 rings (SSSR count). The van der Waals surface area contributed by atoms with E-state index in [1.807, 2.05) is 0 Å². The second kappa shape index (κ2) is 7.77. The SMILES string of the molecule is C=CCN([C@H]1CCS(=O)(=O)C1)S(=O)(=O)c1ccc(OC)c(NC(C)=O)c1. The van der Waals surface area contributed by atoms with Gasteiger partial charge in [-0.25, -0.2) is 16.8 Å². The van der Waals surface area contributed by atoms with Crippen LogP contribution in [0.1, 0.15) is 13.3 Å². The van der Waals surface area contributed by atoms with Crippen molar-refractivity contribution in [1.29, 1.82) is 0 Å². The normalized spacial score (nSPS) is 19.3. The number of methoxy groups -OCH3 is 1. The van der Waals surface area contributed by atoms with Crippen molar-refractivity contribution >= 4 is 31.5 Å². The van der Waals surface area contributed by atoms with E-state index in [0.29, 0.717) is 5.75 Å². The van der Waals surface area contributed by atoms with Crippen LogP contribution in [0.5, 0.6) is 5.75 Å². The number of anilines is 1. The number of amides is 1. The summed E-state index contributed by atoms with van der Waals surface area (Å²) in [6, 6.07) is 3.46. The Hall–Kier alpha value is -1.91. The van der Waals surface area contributed by atoms with Crippen molar-refractivity contribution in [3.63, 3.8) is 0 Å². The Labute approximate surface area is 153 Å². The van der Waals surface area contributed by atoms with E-state index in [9.17, 15) is 21.6 Å². The van der Waals surface area contributed by atoms with Crippen LogP contribution in [0.15, 0.2) is 35.7 Å². The predicted molar refractivity (Wildman–Crippen MR) is 98.4 cm³/mol. The number of carbonyl (C=O) groups is 1. The topological polar surface area (TPSA) is 110 Å². The highest BCUT2D eigenvalue weighted by atomic mass is 32.2. The van der Waals surface area contributed by atoms with Gasteiger partial charge in [0.05, 0.1) is 29.2 Å². The summed E-state index contributed by atoms with van der Waals surface area (Å²) in [4.78, 5) is 11.3. The predicted octanol–water partition coefficient (Wildman–Crippen LogP) is 1.02. The Bertz CT molecular complexity index is 909. The highest BCUT2D eigenvalue weighted by Gasteiger charge is 2.38. The lowest BCUT2D eigenvalue weighted by Crippen LogP contribution is -2.41. The van der Waals surface area contributed by atoms with Gasteiger partial charge in [-0.3, -0.25) is 4.79 Å². The molecule has 0 radical (unpaired) electrons. The Morgan fingerprint density at radius 2 is 2.15 bits per heavy atom. The Kier molecular flexibility index (Phi) is 6.09. The highest BCUT2D eigenvalue weighted by Crippen LogP contribution is 2.31. The number of rotatable bonds is 7. The van der Waals surface area contributed by atoms with E-state index in [1.165, 1.54) is 38.3 Å². The van der Waals surface area contributed by atoms with E-state index in [1.54, 1.807) is 0 Å². The van der Waals surface area contributed by atoms with Gasteiger partial charge in [-0.1, -0.05) is 6.08 Å². The average Bonchev–Trinajstić information content (AvgIpc) is 2.91. The molecule has 144 valence electrons. The second-order valence-electron chi connectivity index (χ2n) is 5.96. The molecule has 8 nitrogen and oxygen atoms in total. The fourth-order valence-corrected chi connectivity index (χ4v) is 6.32. The molecule has 1 aliphatic heterocycles. The molecule has 1 aliphatic rings. The monoisotopic (exact) mass is 402 g/mol. The molecule has 0 bridgehead atoms. The minimum absolute atomic E-state index is 0.00990. The van der Waals surface area contributed by atoms with Crippen molar-refractivity contribution in [2.24, 2.45) is 0 Å². The molecule has 1 atom stereocenters. The van der Waals surface area contributed by atoms with E-state index in [-0.39, 0.29) is 41.0 Å².